The molecule has 4 heteroatoms. The summed E-state index contributed by atoms with van der Waals surface area (Å²) in [5.41, 5.74) is 5.75. The Balaban J connectivity index is 2.49. The fraction of sp³-hybridized carbons (Fsp3) is 1.00. The molecule has 3 nitrogen and oxygen atoms in total. The molecule has 0 spiro atoms. The summed E-state index contributed by atoms with van der Waals surface area (Å²) in [6.07, 6.45) is 0. The average molecular weight is 218 g/mol. The van der Waals surface area contributed by atoms with E-state index in [1.54, 1.807) is 7.11 Å². The van der Waals surface area contributed by atoms with E-state index in [0.29, 0.717) is 17.3 Å². The molecule has 0 aromatic heterocycles. The maximum Gasteiger partial charge on any atom is 0.0630 e. The summed E-state index contributed by atoms with van der Waals surface area (Å²) in [6.45, 7) is 8.28. The molecule has 1 rings (SSSR count). The van der Waals surface area contributed by atoms with Gasteiger partial charge in [0, 0.05) is 43.3 Å². The van der Waals surface area contributed by atoms with Crippen molar-refractivity contribution in [3.63, 3.8) is 0 Å². The highest BCUT2D eigenvalue weighted by atomic mass is 32.2. The standard InChI is InChI=1S/C10H22N2OS/c1-10(2)8-12(4-5-14-10)9(6-11)7-13-3/h9H,4-8,11H2,1-3H3. The minimum Gasteiger partial charge on any atom is -0.383 e. The highest BCUT2D eigenvalue weighted by Crippen LogP contribution is 2.30. The van der Waals surface area contributed by atoms with Crippen LogP contribution in [0.1, 0.15) is 13.8 Å². The fourth-order valence-electron chi connectivity index (χ4n) is 1.88. The highest BCUT2D eigenvalue weighted by Gasteiger charge is 2.30. The second kappa shape index (κ2) is 5.35. The third-order valence-corrected chi connectivity index (χ3v) is 3.90. The number of rotatable bonds is 4. The highest BCUT2D eigenvalue weighted by molar-refractivity contribution is 8.00. The van der Waals surface area contributed by atoms with Gasteiger partial charge in [0.25, 0.3) is 0 Å². The van der Waals surface area contributed by atoms with Gasteiger partial charge in [-0.05, 0) is 13.8 Å². The number of nitrogens with two attached hydrogens (primary N) is 1. The van der Waals surface area contributed by atoms with Crippen molar-refractivity contribution in [3.8, 4) is 0 Å². The summed E-state index contributed by atoms with van der Waals surface area (Å²) in [7, 11) is 1.74. The Morgan fingerprint density at radius 2 is 2.29 bits per heavy atom. The lowest BCUT2D eigenvalue weighted by Gasteiger charge is -2.41. The van der Waals surface area contributed by atoms with Crippen LogP contribution in [0.4, 0.5) is 0 Å². The van der Waals surface area contributed by atoms with Gasteiger partial charge in [-0.3, -0.25) is 4.90 Å². The first-order valence-corrected chi connectivity index (χ1v) is 6.14. The summed E-state index contributed by atoms with van der Waals surface area (Å²) < 4.78 is 5.55. The van der Waals surface area contributed by atoms with Crippen molar-refractivity contribution in [1.29, 1.82) is 0 Å². The molecule has 1 heterocycles. The van der Waals surface area contributed by atoms with Crippen LogP contribution in [0.3, 0.4) is 0 Å². The minimum absolute atomic E-state index is 0.361. The van der Waals surface area contributed by atoms with E-state index in [9.17, 15) is 0 Å². The molecular weight excluding hydrogens is 196 g/mol. The summed E-state index contributed by atoms with van der Waals surface area (Å²) in [5.74, 6) is 1.20. The predicted molar refractivity (Wildman–Crippen MR) is 62.8 cm³/mol. The van der Waals surface area contributed by atoms with Crippen LogP contribution in [0, 0.1) is 0 Å². The molecule has 0 aliphatic carbocycles. The van der Waals surface area contributed by atoms with Gasteiger partial charge in [-0.1, -0.05) is 0 Å². The molecule has 1 fully saturated rings. The van der Waals surface area contributed by atoms with Crippen LogP contribution in [-0.2, 0) is 4.74 Å². The predicted octanol–water partition coefficient (Wildman–Crippen LogP) is 0.788. The van der Waals surface area contributed by atoms with Gasteiger partial charge in [-0.25, -0.2) is 0 Å². The van der Waals surface area contributed by atoms with E-state index in [2.05, 4.69) is 18.7 Å². The van der Waals surface area contributed by atoms with Crippen LogP contribution in [0.2, 0.25) is 0 Å². The van der Waals surface area contributed by atoms with Gasteiger partial charge in [0.05, 0.1) is 6.61 Å². The normalized spacial score (nSPS) is 24.9. The smallest absolute Gasteiger partial charge is 0.0630 e. The molecular formula is C10H22N2OS. The van der Waals surface area contributed by atoms with Crippen LogP contribution >= 0.6 is 11.8 Å². The summed E-state index contributed by atoms with van der Waals surface area (Å²) in [5, 5.41) is 0. The van der Waals surface area contributed by atoms with Gasteiger partial charge in [-0.2, -0.15) is 11.8 Å². The minimum atomic E-state index is 0.361. The molecule has 0 aromatic carbocycles. The van der Waals surface area contributed by atoms with Gasteiger partial charge in [0.2, 0.25) is 0 Å². The Morgan fingerprint density at radius 3 is 2.79 bits per heavy atom. The number of hydrogen-bond donors (Lipinski definition) is 1. The molecule has 0 aromatic rings. The van der Waals surface area contributed by atoms with Gasteiger partial charge in [-0.15, -0.1) is 0 Å². The Bertz CT molecular complexity index is 176. The molecule has 84 valence electrons. The largest absolute Gasteiger partial charge is 0.383 e. The molecule has 1 saturated heterocycles. The zero-order valence-electron chi connectivity index (χ0n) is 9.45. The summed E-state index contributed by atoms with van der Waals surface area (Å²) >= 11 is 2.05. The number of nitrogens with zero attached hydrogens (tertiary/aromatic N) is 1. The van der Waals surface area contributed by atoms with Crippen molar-refractivity contribution in [2.45, 2.75) is 24.6 Å². The average Bonchev–Trinajstić information content (AvgIpc) is 2.12. The van der Waals surface area contributed by atoms with Crippen LogP contribution in [0.25, 0.3) is 0 Å². The molecule has 1 unspecified atom stereocenters. The van der Waals surface area contributed by atoms with Crippen molar-refractivity contribution in [1.82, 2.24) is 4.90 Å². The topological polar surface area (TPSA) is 38.5 Å². The van der Waals surface area contributed by atoms with E-state index in [1.807, 2.05) is 11.8 Å². The van der Waals surface area contributed by atoms with Crippen molar-refractivity contribution in [2.75, 3.05) is 39.1 Å². The van der Waals surface area contributed by atoms with Crippen LogP contribution < -0.4 is 5.73 Å². The van der Waals surface area contributed by atoms with Crippen molar-refractivity contribution in [3.05, 3.63) is 0 Å². The van der Waals surface area contributed by atoms with Gasteiger partial charge < -0.3 is 10.5 Å². The third-order valence-electron chi connectivity index (χ3n) is 2.60. The second-order valence-electron chi connectivity index (χ2n) is 4.42. The monoisotopic (exact) mass is 218 g/mol. The quantitative estimate of drug-likeness (QED) is 0.757. The molecule has 0 radical (unpaired) electrons. The van der Waals surface area contributed by atoms with Crippen molar-refractivity contribution >= 4 is 11.8 Å². The number of methoxy groups -OCH3 is 1. The fourth-order valence-corrected chi connectivity index (χ4v) is 3.02. The molecule has 0 bridgehead atoms. The lowest BCUT2D eigenvalue weighted by atomic mass is 10.1. The maximum absolute atomic E-state index is 5.75. The first-order chi connectivity index (χ1) is 6.59. The molecule has 1 aliphatic heterocycles. The van der Waals surface area contributed by atoms with E-state index in [-0.39, 0.29) is 0 Å². The van der Waals surface area contributed by atoms with Crippen LogP contribution in [-0.4, -0.2) is 54.8 Å². The molecule has 2 N–H and O–H groups in total. The second-order valence-corrected chi connectivity index (χ2v) is 6.23. The maximum atomic E-state index is 5.75. The third kappa shape index (κ3) is 3.42. The van der Waals surface area contributed by atoms with Gasteiger partial charge in [0.1, 0.15) is 0 Å². The zero-order chi connectivity index (χ0) is 10.6. The Hall–Kier alpha value is 0.230. The van der Waals surface area contributed by atoms with E-state index in [1.165, 1.54) is 5.75 Å². The molecule has 1 aliphatic rings. The van der Waals surface area contributed by atoms with Gasteiger partial charge >= 0.3 is 0 Å². The van der Waals surface area contributed by atoms with E-state index in [4.69, 9.17) is 10.5 Å². The van der Waals surface area contributed by atoms with Gasteiger partial charge in [0.15, 0.2) is 0 Å². The van der Waals surface area contributed by atoms with Crippen LogP contribution in [0.15, 0.2) is 0 Å². The molecule has 1 atom stereocenters. The summed E-state index contributed by atoms with van der Waals surface area (Å²) in [6, 6.07) is 0.389. The number of hydrogen-bond acceptors (Lipinski definition) is 4. The Labute approximate surface area is 91.4 Å². The number of ether oxygens (including phenoxy) is 1. The van der Waals surface area contributed by atoms with Crippen molar-refractivity contribution in [2.24, 2.45) is 5.73 Å². The van der Waals surface area contributed by atoms with Crippen LogP contribution in [0.5, 0.6) is 0 Å². The Morgan fingerprint density at radius 1 is 1.57 bits per heavy atom. The molecule has 0 saturated carbocycles. The van der Waals surface area contributed by atoms with Crippen molar-refractivity contribution < 1.29 is 4.74 Å². The SMILES string of the molecule is COCC(CN)N1CCSC(C)(C)C1. The first kappa shape index (κ1) is 12.3. The zero-order valence-corrected chi connectivity index (χ0v) is 10.3. The van der Waals surface area contributed by atoms with E-state index in [0.717, 1.165) is 19.7 Å². The number of thioether (sulfide) groups is 1. The lowest BCUT2D eigenvalue weighted by Crippen LogP contribution is -2.52. The first-order valence-electron chi connectivity index (χ1n) is 5.16. The Kier molecular flexibility index (Phi) is 4.70. The molecule has 0 amide bonds. The molecule has 14 heavy (non-hydrogen) atoms. The van der Waals surface area contributed by atoms with E-state index >= 15 is 0 Å². The summed E-state index contributed by atoms with van der Waals surface area (Å²) in [4.78, 5) is 2.46. The lowest BCUT2D eigenvalue weighted by molar-refractivity contribution is 0.0908. The van der Waals surface area contributed by atoms with E-state index < -0.39 is 0 Å².